The molecule has 0 spiro atoms. The fourth-order valence-electron chi connectivity index (χ4n) is 0.937. The third-order valence-corrected chi connectivity index (χ3v) is 1.36. The van der Waals surface area contributed by atoms with Crippen LogP contribution in [0.5, 0.6) is 0 Å². The van der Waals surface area contributed by atoms with Gasteiger partial charge in [-0.3, -0.25) is 0 Å². The molecule has 0 aliphatic carbocycles. The first-order valence-corrected chi connectivity index (χ1v) is 3.53. The van der Waals surface area contributed by atoms with E-state index in [1.54, 1.807) is 0 Å². The minimum Gasteiger partial charge on any atom is -0.346 e. The van der Waals surface area contributed by atoms with Gasteiger partial charge in [-0.15, -0.1) is 0 Å². The highest BCUT2D eigenvalue weighted by Gasteiger charge is 1.95. The molecule has 0 fully saturated rings. The first-order valence-electron chi connectivity index (χ1n) is 3.53. The number of rotatable bonds is 2. The molecule has 0 aliphatic heterocycles. The van der Waals surface area contributed by atoms with Gasteiger partial charge in [0, 0.05) is 11.8 Å². The number of aromatic nitrogens is 1. The van der Waals surface area contributed by atoms with Crippen molar-refractivity contribution in [2.24, 2.45) is 4.99 Å². The van der Waals surface area contributed by atoms with E-state index >= 15 is 0 Å². The highest BCUT2D eigenvalue weighted by atomic mass is 14.9. The van der Waals surface area contributed by atoms with Gasteiger partial charge in [-0.25, -0.2) is 4.99 Å². The van der Waals surface area contributed by atoms with Crippen molar-refractivity contribution in [3.8, 4) is 0 Å². The van der Waals surface area contributed by atoms with Crippen LogP contribution >= 0.6 is 0 Å². The monoisotopic (exact) mass is 148 g/mol. The maximum Gasteiger partial charge on any atom is 0.136 e. The summed E-state index contributed by atoms with van der Waals surface area (Å²) >= 11 is 0. The number of hydrogen-bond donors (Lipinski definition) is 1. The summed E-state index contributed by atoms with van der Waals surface area (Å²) in [6.45, 7) is 7.57. The molecule has 0 amide bonds. The van der Waals surface area contributed by atoms with Crippen LogP contribution in [0, 0.1) is 0 Å². The van der Waals surface area contributed by atoms with Crippen molar-refractivity contribution in [1.29, 1.82) is 0 Å². The van der Waals surface area contributed by atoms with Gasteiger partial charge >= 0.3 is 0 Å². The number of H-pyrrole nitrogens is 1. The van der Waals surface area contributed by atoms with Crippen molar-refractivity contribution >= 4 is 18.6 Å². The highest BCUT2D eigenvalue weighted by Crippen LogP contribution is 2.18. The minimum atomic E-state index is 0.839. The Balaban J connectivity index is 3.03. The number of aromatic amines is 1. The maximum atomic E-state index is 3.83. The lowest BCUT2D eigenvalue weighted by Crippen LogP contribution is -1.68. The molecule has 0 atom stereocenters. The molecule has 1 aromatic rings. The Hall–Kier alpha value is -1.31. The zero-order valence-electron chi connectivity index (χ0n) is 6.89. The second kappa shape index (κ2) is 3.19. The van der Waals surface area contributed by atoms with Crippen LogP contribution in [0.1, 0.15) is 19.4 Å². The van der Waals surface area contributed by atoms with Crippen LogP contribution in [-0.4, -0.2) is 11.7 Å². The summed E-state index contributed by atoms with van der Waals surface area (Å²) in [5, 5.41) is 0. The van der Waals surface area contributed by atoms with Gasteiger partial charge in [0.05, 0.1) is 0 Å². The normalized spacial score (nSPS) is 9.27. The van der Waals surface area contributed by atoms with E-state index in [0.717, 1.165) is 11.4 Å². The van der Waals surface area contributed by atoms with Crippen LogP contribution in [0.15, 0.2) is 22.8 Å². The Kier molecular flexibility index (Phi) is 2.26. The van der Waals surface area contributed by atoms with Crippen LogP contribution in [0.4, 0.5) is 5.82 Å². The Morgan fingerprint density at radius 3 is 2.91 bits per heavy atom. The third kappa shape index (κ3) is 1.80. The van der Waals surface area contributed by atoms with Crippen molar-refractivity contribution in [2.75, 3.05) is 0 Å². The molecule has 0 bridgehead atoms. The molecule has 2 heteroatoms. The topological polar surface area (TPSA) is 28.1 Å². The molecular weight excluding hydrogens is 136 g/mol. The van der Waals surface area contributed by atoms with Crippen LogP contribution in [0.25, 0.3) is 6.08 Å². The van der Waals surface area contributed by atoms with E-state index in [-0.39, 0.29) is 0 Å². The van der Waals surface area contributed by atoms with E-state index in [1.165, 1.54) is 5.57 Å². The molecule has 1 aromatic heterocycles. The number of aliphatic imine (C=N–C) groups is 1. The molecule has 0 radical (unpaired) electrons. The van der Waals surface area contributed by atoms with Gasteiger partial charge in [0.1, 0.15) is 5.82 Å². The second-order valence-corrected chi connectivity index (χ2v) is 2.66. The van der Waals surface area contributed by atoms with Gasteiger partial charge in [-0.05, 0) is 26.6 Å². The fraction of sp³-hybridized carbons (Fsp3) is 0.222. The smallest absolute Gasteiger partial charge is 0.136 e. The predicted molar refractivity (Wildman–Crippen MR) is 49.3 cm³/mol. The average Bonchev–Trinajstić information content (AvgIpc) is 2.34. The van der Waals surface area contributed by atoms with E-state index in [1.807, 2.05) is 12.3 Å². The highest BCUT2D eigenvalue weighted by molar-refractivity contribution is 5.64. The number of hydrogen-bond acceptors (Lipinski definition) is 1. The first kappa shape index (κ1) is 7.79. The molecular formula is C9H12N2. The molecule has 1 N–H and O–H groups in total. The molecule has 0 saturated carbocycles. The standard InChI is InChI=1S/C9H12N2/c1-7(2)6-8-4-5-11-9(8)10-3/h4-6,11H,3H2,1-2H3. The van der Waals surface area contributed by atoms with Gasteiger partial charge in [0.2, 0.25) is 0 Å². The summed E-state index contributed by atoms with van der Waals surface area (Å²) in [7, 11) is 0. The first-order chi connectivity index (χ1) is 5.24. The zero-order valence-corrected chi connectivity index (χ0v) is 6.89. The minimum absolute atomic E-state index is 0.839. The van der Waals surface area contributed by atoms with E-state index in [4.69, 9.17) is 0 Å². The molecule has 11 heavy (non-hydrogen) atoms. The quantitative estimate of drug-likeness (QED) is 0.625. The molecule has 2 nitrogen and oxygen atoms in total. The van der Waals surface area contributed by atoms with E-state index in [9.17, 15) is 0 Å². The molecule has 58 valence electrons. The zero-order chi connectivity index (χ0) is 8.27. The second-order valence-electron chi connectivity index (χ2n) is 2.66. The van der Waals surface area contributed by atoms with Crippen LogP contribution in [-0.2, 0) is 0 Å². The lowest BCUT2D eigenvalue weighted by molar-refractivity contribution is 1.34. The average molecular weight is 148 g/mol. The Morgan fingerprint density at radius 1 is 1.64 bits per heavy atom. The Morgan fingerprint density at radius 2 is 2.36 bits per heavy atom. The van der Waals surface area contributed by atoms with Crippen molar-refractivity contribution in [1.82, 2.24) is 4.98 Å². The van der Waals surface area contributed by atoms with Gasteiger partial charge < -0.3 is 4.98 Å². The molecule has 0 aromatic carbocycles. The molecule has 0 unspecified atom stereocenters. The third-order valence-electron chi connectivity index (χ3n) is 1.36. The van der Waals surface area contributed by atoms with E-state index in [2.05, 4.69) is 36.6 Å². The SMILES string of the molecule is C=Nc1[nH]ccc1C=C(C)C. The molecule has 1 rings (SSSR count). The van der Waals surface area contributed by atoms with Crippen LogP contribution in [0.3, 0.4) is 0 Å². The molecule has 1 heterocycles. The van der Waals surface area contributed by atoms with Crippen molar-refractivity contribution < 1.29 is 0 Å². The lowest BCUT2D eigenvalue weighted by atomic mass is 10.2. The van der Waals surface area contributed by atoms with E-state index < -0.39 is 0 Å². The Bertz CT molecular complexity index is 278. The van der Waals surface area contributed by atoms with Gasteiger partial charge in [-0.2, -0.15) is 0 Å². The lowest BCUT2D eigenvalue weighted by Gasteiger charge is -1.91. The maximum absolute atomic E-state index is 3.83. The van der Waals surface area contributed by atoms with E-state index in [0.29, 0.717) is 0 Å². The van der Waals surface area contributed by atoms with Crippen LogP contribution in [0.2, 0.25) is 0 Å². The van der Waals surface area contributed by atoms with Gasteiger partial charge in [0.15, 0.2) is 0 Å². The Labute approximate surface area is 66.7 Å². The molecule has 0 aliphatic rings. The van der Waals surface area contributed by atoms with Crippen molar-refractivity contribution in [3.05, 3.63) is 23.4 Å². The van der Waals surface area contributed by atoms with Gasteiger partial charge in [0.25, 0.3) is 0 Å². The molecule has 0 saturated heterocycles. The van der Waals surface area contributed by atoms with Crippen molar-refractivity contribution in [3.63, 3.8) is 0 Å². The summed E-state index contributed by atoms with van der Waals surface area (Å²) in [5.74, 6) is 0.839. The van der Waals surface area contributed by atoms with Crippen LogP contribution < -0.4 is 0 Å². The summed E-state index contributed by atoms with van der Waals surface area (Å²) in [6, 6.07) is 1.98. The summed E-state index contributed by atoms with van der Waals surface area (Å²) in [5.41, 5.74) is 2.36. The largest absolute Gasteiger partial charge is 0.346 e. The summed E-state index contributed by atoms with van der Waals surface area (Å²) in [4.78, 5) is 6.82. The summed E-state index contributed by atoms with van der Waals surface area (Å²) < 4.78 is 0. The van der Waals surface area contributed by atoms with Gasteiger partial charge in [-0.1, -0.05) is 11.6 Å². The fourth-order valence-corrected chi connectivity index (χ4v) is 0.937. The predicted octanol–water partition coefficient (Wildman–Crippen LogP) is 2.77. The number of nitrogens with zero attached hydrogens (tertiary/aromatic N) is 1. The van der Waals surface area contributed by atoms with Crippen molar-refractivity contribution in [2.45, 2.75) is 13.8 Å². The summed E-state index contributed by atoms with van der Waals surface area (Å²) in [6.07, 6.45) is 3.93. The number of nitrogens with one attached hydrogen (secondary N) is 1. The number of allylic oxidation sites excluding steroid dienone is 1.